The van der Waals surface area contributed by atoms with E-state index in [9.17, 15) is 9.59 Å². The molecule has 1 unspecified atom stereocenters. The molecule has 7 heteroatoms. The molecule has 1 saturated heterocycles. The summed E-state index contributed by atoms with van der Waals surface area (Å²) in [5.74, 6) is -0.359. The number of carbonyl (C=O) groups excluding carboxylic acids is 2. The average molecular weight is 278 g/mol. The monoisotopic (exact) mass is 278 g/mol. The molecule has 1 aromatic rings. The number of amides is 2. The van der Waals surface area contributed by atoms with E-state index in [0.29, 0.717) is 24.5 Å². The average Bonchev–Trinajstić information content (AvgIpc) is 2.48. The summed E-state index contributed by atoms with van der Waals surface area (Å²) in [6.45, 7) is 1.07. The van der Waals surface area contributed by atoms with Crippen molar-refractivity contribution in [1.82, 2.24) is 15.2 Å². The zero-order chi connectivity index (χ0) is 14.5. The Balaban J connectivity index is 2.05. The fourth-order valence-electron chi connectivity index (χ4n) is 2.08. The smallest absolute Gasteiger partial charge is 0.244 e. The van der Waals surface area contributed by atoms with Gasteiger partial charge in [0.05, 0.1) is 31.5 Å². The van der Waals surface area contributed by atoms with Crippen molar-refractivity contribution in [1.29, 1.82) is 0 Å². The highest BCUT2D eigenvalue weighted by Gasteiger charge is 2.32. The van der Waals surface area contributed by atoms with E-state index in [4.69, 9.17) is 10.5 Å². The largest absolute Gasteiger partial charge is 0.397 e. The molecule has 7 nitrogen and oxygen atoms in total. The first-order chi connectivity index (χ1) is 9.61. The minimum Gasteiger partial charge on any atom is -0.397 e. The summed E-state index contributed by atoms with van der Waals surface area (Å²) in [6.07, 6.45) is 1.66. The second kappa shape index (κ2) is 6.33. The Hall–Kier alpha value is -2.15. The molecule has 0 spiro atoms. The number of rotatable bonds is 3. The molecule has 1 atom stereocenters. The lowest BCUT2D eigenvalue weighted by Gasteiger charge is -2.34. The fraction of sp³-hybridized carbons (Fsp3) is 0.462. The first kappa shape index (κ1) is 14.3. The minimum absolute atomic E-state index is 0.140. The summed E-state index contributed by atoms with van der Waals surface area (Å²) in [6, 6.07) is 2.84. The van der Waals surface area contributed by atoms with E-state index in [-0.39, 0.29) is 24.8 Å². The van der Waals surface area contributed by atoms with Gasteiger partial charge in [-0.05, 0) is 12.1 Å². The van der Waals surface area contributed by atoms with E-state index in [0.717, 1.165) is 0 Å². The molecule has 1 aliphatic heterocycles. The van der Waals surface area contributed by atoms with Crippen LogP contribution in [0, 0.1) is 0 Å². The molecule has 1 fully saturated rings. The van der Waals surface area contributed by atoms with Gasteiger partial charge in [-0.2, -0.15) is 0 Å². The number of hydrogen-bond donors (Lipinski definition) is 2. The summed E-state index contributed by atoms with van der Waals surface area (Å²) >= 11 is 0. The van der Waals surface area contributed by atoms with Gasteiger partial charge in [-0.15, -0.1) is 0 Å². The summed E-state index contributed by atoms with van der Waals surface area (Å²) in [5.41, 5.74) is 6.74. The number of nitrogen functional groups attached to an aromatic ring is 1. The van der Waals surface area contributed by atoms with Crippen LogP contribution in [0.15, 0.2) is 18.3 Å². The number of nitrogens with one attached hydrogen (secondary N) is 1. The maximum Gasteiger partial charge on any atom is 0.244 e. The molecule has 20 heavy (non-hydrogen) atoms. The Kier molecular flexibility index (Phi) is 4.52. The zero-order valence-corrected chi connectivity index (χ0v) is 11.3. The van der Waals surface area contributed by atoms with Gasteiger partial charge < -0.3 is 20.7 Å². The summed E-state index contributed by atoms with van der Waals surface area (Å²) < 4.78 is 5.26. The third-order valence-electron chi connectivity index (χ3n) is 3.18. The molecular formula is C13H18N4O3. The van der Waals surface area contributed by atoms with Crippen molar-refractivity contribution in [2.24, 2.45) is 0 Å². The quantitative estimate of drug-likeness (QED) is 0.753. The maximum atomic E-state index is 12.3. The predicted octanol–water partition coefficient (Wildman–Crippen LogP) is -0.820. The lowest BCUT2D eigenvalue weighted by atomic mass is 10.1. The van der Waals surface area contributed by atoms with Gasteiger partial charge in [-0.25, -0.2) is 0 Å². The second-order valence-electron chi connectivity index (χ2n) is 4.55. The number of nitrogens with two attached hydrogens (primary N) is 1. The van der Waals surface area contributed by atoms with Gasteiger partial charge in [-0.1, -0.05) is 0 Å². The molecule has 0 radical (unpaired) electrons. The summed E-state index contributed by atoms with van der Waals surface area (Å²) in [5, 5.41) is 2.55. The highest BCUT2D eigenvalue weighted by atomic mass is 16.5. The summed E-state index contributed by atoms with van der Waals surface area (Å²) in [7, 11) is 1.54. The molecule has 2 heterocycles. The van der Waals surface area contributed by atoms with Crippen LogP contribution >= 0.6 is 0 Å². The van der Waals surface area contributed by atoms with E-state index >= 15 is 0 Å². The van der Waals surface area contributed by atoms with Gasteiger partial charge in [0.15, 0.2) is 0 Å². The van der Waals surface area contributed by atoms with Gasteiger partial charge in [-0.3, -0.25) is 14.6 Å². The third-order valence-corrected chi connectivity index (χ3v) is 3.18. The first-order valence-corrected chi connectivity index (χ1v) is 6.41. The lowest BCUT2D eigenvalue weighted by molar-refractivity contribution is -0.147. The topological polar surface area (TPSA) is 97.5 Å². The molecule has 1 aliphatic rings. The Morgan fingerprint density at radius 3 is 3.00 bits per heavy atom. The van der Waals surface area contributed by atoms with Crippen LogP contribution in [0.5, 0.6) is 0 Å². The number of ether oxygens (including phenoxy) is 1. The normalized spacial score (nSPS) is 18.6. The van der Waals surface area contributed by atoms with Crippen molar-refractivity contribution in [3.05, 3.63) is 24.0 Å². The van der Waals surface area contributed by atoms with Crippen LogP contribution in [-0.2, 0) is 20.7 Å². The van der Waals surface area contributed by atoms with E-state index in [1.54, 1.807) is 24.1 Å². The Morgan fingerprint density at radius 2 is 2.35 bits per heavy atom. The SMILES string of the molecule is CNC(=O)C1COCCN1C(=O)Cc1ccc(N)cn1. The molecule has 3 N–H and O–H groups in total. The lowest BCUT2D eigenvalue weighted by Crippen LogP contribution is -2.55. The fourth-order valence-corrected chi connectivity index (χ4v) is 2.08. The Bertz CT molecular complexity index is 489. The van der Waals surface area contributed by atoms with Crippen molar-refractivity contribution < 1.29 is 14.3 Å². The molecule has 2 rings (SSSR count). The second-order valence-corrected chi connectivity index (χ2v) is 4.55. The molecule has 0 saturated carbocycles. The molecule has 0 bridgehead atoms. The van der Waals surface area contributed by atoms with Crippen LogP contribution in [0.25, 0.3) is 0 Å². The van der Waals surface area contributed by atoms with Crippen molar-refractivity contribution in [2.75, 3.05) is 32.5 Å². The van der Waals surface area contributed by atoms with Crippen LogP contribution in [0.2, 0.25) is 0 Å². The highest BCUT2D eigenvalue weighted by molar-refractivity contribution is 5.88. The van der Waals surface area contributed by atoms with Crippen molar-refractivity contribution in [2.45, 2.75) is 12.5 Å². The molecular weight excluding hydrogens is 260 g/mol. The van der Waals surface area contributed by atoms with E-state index < -0.39 is 6.04 Å². The van der Waals surface area contributed by atoms with Crippen molar-refractivity contribution >= 4 is 17.5 Å². The van der Waals surface area contributed by atoms with Gasteiger partial charge in [0.25, 0.3) is 0 Å². The van der Waals surface area contributed by atoms with Crippen LogP contribution in [-0.4, -0.2) is 54.5 Å². The van der Waals surface area contributed by atoms with Crippen LogP contribution in [0.3, 0.4) is 0 Å². The Labute approximate surface area is 117 Å². The third kappa shape index (κ3) is 3.24. The number of nitrogens with zero attached hydrogens (tertiary/aromatic N) is 2. The standard InChI is InChI=1S/C13H18N4O3/c1-15-13(19)11-8-20-5-4-17(11)12(18)6-10-3-2-9(14)7-16-10/h2-3,7,11H,4-6,8,14H2,1H3,(H,15,19). The van der Waals surface area contributed by atoms with Crippen molar-refractivity contribution in [3.63, 3.8) is 0 Å². The number of aromatic nitrogens is 1. The first-order valence-electron chi connectivity index (χ1n) is 6.41. The maximum absolute atomic E-state index is 12.3. The van der Waals surface area contributed by atoms with Crippen LogP contribution in [0.4, 0.5) is 5.69 Å². The number of pyridine rings is 1. The number of hydrogen-bond acceptors (Lipinski definition) is 5. The van der Waals surface area contributed by atoms with Crippen LogP contribution < -0.4 is 11.1 Å². The molecule has 1 aromatic heterocycles. The number of likely N-dealkylation sites (N-methyl/N-ethyl adjacent to an activating group) is 1. The van der Waals surface area contributed by atoms with Gasteiger partial charge in [0.1, 0.15) is 6.04 Å². The van der Waals surface area contributed by atoms with Gasteiger partial charge >= 0.3 is 0 Å². The summed E-state index contributed by atoms with van der Waals surface area (Å²) in [4.78, 5) is 29.7. The molecule has 0 aliphatic carbocycles. The number of carbonyl (C=O) groups is 2. The van der Waals surface area contributed by atoms with Gasteiger partial charge in [0, 0.05) is 19.3 Å². The molecule has 108 valence electrons. The molecule has 0 aromatic carbocycles. The van der Waals surface area contributed by atoms with Crippen molar-refractivity contribution in [3.8, 4) is 0 Å². The molecule has 2 amide bonds. The van der Waals surface area contributed by atoms with Crippen LogP contribution in [0.1, 0.15) is 5.69 Å². The minimum atomic E-state index is -0.574. The number of morpholine rings is 1. The Morgan fingerprint density at radius 1 is 1.55 bits per heavy atom. The van der Waals surface area contributed by atoms with Gasteiger partial charge in [0.2, 0.25) is 11.8 Å². The number of anilines is 1. The van der Waals surface area contributed by atoms with E-state index in [1.165, 1.54) is 6.20 Å². The predicted molar refractivity (Wildman–Crippen MR) is 72.7 cm³/mol. The highest BCUT2D eigenvalue weighted by Crippen LogP contribution is 2.11. The van der Waals surface area contributed by atoms with E-state index in [1.807, 2.05) is 0 Å². The van der Waals surface area contributed by atoms with E-state index in [2.05, 4.69) is 10.3 Å². The zero-order valence-electron chi connectivity index (χ0n) is 11.3.